The molecular weight excluding hydrogens is 375 g/mol. The van der Waals surface area contributed by atoms with Crippen molar-refractivity contribution < 1.29 is 27.4 Å². The number of nitrogens with zero attached hydrogens (tertiary/aromatic N) is 2. The first-order chi connectivity index (χ1) is 13.3. The third-order valence-electron chi connectivity index (χ3n) is 4.11. The summed E-state index contributed by atoms with van der Waals surface area (Å²) in [6.45, 7) is 1.54. The van der Waals surface area contributed by atoms with E-state index in [1.54, 1.807) is 0 Å². The van der Waals surface area contributed by atoms with E-state index in [2.05, 4.69) is 10.4 Å². The smallest absolute Gasteiger partial charge is 0.259 e. The number of amides is 1. The summed E-state index contributed by atoms with van der Waals surface area (Å²) in [4.78, 5) is 12.6. The summed E-state index contributed by atoms with van der Waals surface area (Å²) in [5.41, 5.74) is 0.250. The predicted molar refractivity (Wildman–Crippen MR) is 95.7 cm³/mol. The summed E-state index contributed by atoms with van der Waals surface area (Å²) in [6.07, 6.45) is 1.21. The molecule has 1 aromatic heterocycles. The Kier molecular flexibility index (Phi) is 5.25. The van der Waals surface area contributed by atoms with Crippen molar-refractivity contribution in [2.24, 2.45) is 0 Å². The van der Waals surface area contributed by atoms with E-state index in [9.17, 15) is 18.0 Å². The number of hydrogen-bond acceptors (Lipinski definition) is 4. The van der Waals surface area contributed by atoms with Gasteiger partial charge in [-0.1, -0.05) is 0 Å². The molecular formula is C19H16F3N3O3. The lowest BCUT2D eigenvalue weighted by Crippen LogP contribution is -2.14. The first kappa shape index (κ1) is 19.3. The lowest BCUT2D eigenvalue weighted by Gasteiger charge is -2.12. The fourth-order valence-electron chi connectivity index (χ4n) is 2.67. The monoisotopic (exact) mass is 391 g/mol. The second-order valence-electron chi connectivity index (χ2n) is 5.79. The van der Waals surface area contributed by atoms with Crippen LogP contribution in [0.15, 0.2) is 36.5 Å². The van der Waals surface area contributed by atoms with Crippen molar-refractivity contribution in [1.29, 1.82) is 0 Å². The minimum Gasteiger partial charge on any atom is -0.493 e. The number of hydrogen-bond donors (Lipinski definition) is 1. The van der Waals surface area contributed by atoms with Gasteiger partial charge in [0.25, 0.3) is 5.91 Å². The molecule has 0 atom stereocenters. The topological polar surface area (TPSA) is 65.4 Å². The molecule has 146 valence electrons. The van der Waals surface area contributed by atoms with Crippen LogP contribution in [0.2, 0.25) is 0 Å². The summed E-state index contributed by atoms with van der Waals surface area (Å²) < 4.78 is 52.6. The third kappa shape index (κ3) is 3.51. The maximum Gasteiger partial charge on any atom is 0.259 e. The molecule has 9 heteroatoms. The molecule has 1 N–H and O–H groups in total. The number of anilines is 1. The van der Waals surface area contributed by atoms with Crippen LogP contribution in [0.25, 0.3) is 5.69 Å². The van der Waals surface area contributed by atoms with Gasteiger partial charge in [0.1, 0.15) is 11.5 Å². The van der Waals surface area contributed by atoms with E-state index in [-0.39, 0.29) is 28.4 Å². The zero-order chi connectivity index (χ0) is 20.4. The van der Waals surface area contributed by atoms with Crippen molar-refractivity contribution in [2.75, 3.05) is 19.5 Å². The van der Waals surface area contributed by atoms with Crippen LogP contribution in [0.4, 0.5) is 18.9 Å². The lowest BCUT2D eigenvalue weighted by atomic mass is 10.2. The van der Waals surface area contributed by atoms with Gasteiger partial charge in [0, 0.05) is 18.2 Å². The Labute approximate surface area is 158 Å². The number of halogens is 3. The molecule has 0 bridgehead atoms. The van der Waals surface area contributed by atoms with Crippen molar-refractivity contribution >= 4 is 11.6 Å². The molecule has 0 spiro atoms. The van der Waals surface area contributed by atoms with Crippen molar-refractivity contribution in [3.05, 3.63) is 65.2 Å². The van der Waals surface area contributed by atoms with Gasteiger partial charge in [-0.05, 0) is 19.1 Å². The summed E-state index contributed by atoms with van der Waals surface area (Å²) in [5.74, 6) is -2.52. The predicted octanol–water partition coefficient (Wildman–Crippen LogP) is 3.87. The zero-order valence-corrected chi connectivity index (χ0v) is 15.2. The van der Waals surface area contributed by atoms with E-state index in [0.717, 1.165) is 22.9 Å². The summed E-state index contributed by atoms with van der Waals surface area (Å²) in [6, 6.07) is 5.37. The Morgan fingerprint density at radius 1 is 1.04 bits per heavy atom. The highest BCUT2D eigenvalue weighted by Gasteiger charge is 2.20. The van der Waals surface area contributed by atoms with Crippen molar-refractivity contribution in [3.8, 4) is 17.2 Å². The zero-order valence-electron chi connectivity index (χ0n) is 15.2. The Morgan fingerprint density at radius 2 is 1.71 bits per heavy atom. The molecule has 1 heterocycles. The molecule has 0 radical (unpaired) electrons. The van der Waals surface area contributed by atoms with Gasteiger partial charge in [-0.25, -0.2) is 17.9 Å². The van der Waals surface area contributed by atoms with Crippen LogP contribution in [-0.2, 0) is 0 Å². The second-order valence-corrected chi connectivity index (χ2v) is 5.79. The van der Waals surface area contributed by atoms with Gasteiger partial charge >= 0.3 is 0 Å². The van der Waals surface area contributed by atoms with Crippen molar-refractivity contribution in [2.45, 2.75) is 6.92 Å². The van der Waals surface area contributed by atoms with Gasteiger partial charge in [-0.2, -0.15) is 5.10 Å². The molecule has 0 saturated heterocycles. The molecule has 0 aliphatic rings. The van der Waals surface area contributed by atoms with E-state index in [4.69, 9.17) is 9.47 Å². The highest BCUT2D eigenvalue weighted by atomic mass is 19.1. The maximum absolute atomic E-state index is 14.2. The van der Waals surface area contributed by atoms with E-state index in [1.807, 2.05) is 0 Å². The highest BCUT2D eigenvalue weighted by molar-refractivity contribution is 6.05. The average molecular weight is 391 g/mol. The number of benzene rings is 2. The molecule has 0 aliphatic heterocycles. The number of methoxy groups -OCH3 is 2. The number of aromatic nitrogens is 2. The number of ether oxygens (including phenoxy) is 2. The highest BCUT2D eigenvalue weighted by Crippen LogP contribution is 2.32. The lowest BCUT2D eigenvalue weighted by molar-refractivity contribution is 0.102. The Hall–Kier alpha value is -3.49. The number of rotatable bonds is 5. The van der Waals surface area contributed by atoms with Crippen LogP contribution < -0.4 is 14.8 Å². The molecule has 6 nitrogen and oxygen atoms in total. The largest absolute Gasteiger partial charge is 0.493 e. The van der Waals surface area contributed by atoms with E-state index < -0.39 is 23.4 Å². The Balaban J connectivity index is 1.92. The molecule has 28 heavy (non-hydrogen) atoms. The summed E-state index contributed by atoms with van der Waals surface area (Å²) in [7, 11) is 2.74. The molecule has 3 rings (SSSR count). The first-order valence-electron chi connectivity index (χ1n) is 8.08. The molecule has 0 fully saturated rings. The minimum atomic E-state index is -0.830. The van der Waals surface area contributed by atoms with Crippen LogP contribution in [0.1, 0.15) is 16.1 Å². The van der Waals surface area contributed by atoms with Crippen molar-refractivity contribution in [3.63, 3.8) is 0 Å². The summed E-state index contributed by atoms with van der Waals surface area (Å²) >= 11 is 0. The van der Waals surface area contributed by atoms with E-state index in [1.165, 1.54) is 39.5 Å². The van der Waals surface area contributed by atoms with Gasteiger partial charge in [0.15, 0.2) is 23.1 Å². The van der Waals surface area contributed by atoms with Crippen molar-refractivity contribution in [1.82, 2.24) is 9.78 Å². The van der Waals surface area contributed by atoms with Gasteiger partial charge in [-0.3, -0.25) is 4.79 Å². The standard InChI is InChI=1S/C19H16F3N3O3/c1-10-12(9-23-25(10)16-5-4-11(20)6-14(16)22)19(26)24-15-8-18(28-3)17(27-2)7-13(15)21/h4-9H,1-3H3,(H,24,26). The maximum atomic E-state index is 14.2. The fourth-order valence-corrected chi connectivity index (χ4v) is 2.67. The van der Waals surface area contributed by atoms with Gasteiger partial charge in [0.2, 0.25) is 0 Å². The number of nitrogens with one attached hydrogen (secondary N) is 1. The number of carbonyl (C=O) groups excluding carboxylic acids is 1. The molecule has 0 unspecified atom stereocenters. The quantitative estimate of drug-likeness (QED) is 0.717. The average Bonchev–Trinajstić information content (AvgIpc) is 3.04. The van der Waals surface area contributed by atoms with Gasteiger partial charge < -0.3 is 14.8 Å². The Morgan fingerprint density at radius 3 is 2.36 bits per heavy atom. The van der Waals surface area contributed by atoms with Gasteiger partial charge in [-0.15, -0.1) is 0 Å². The fraction of sp³-hybridized carbons (Fsp3) is 0.158. The van der Waals surface area contributed by atoms with E-state index >= 15 is 0 Å². The molecule has 1 amide bonds. The van der Waals surface area contributed by atoms with Crippen LogP contribution in [0, 0.1) is 24.4 Å². The van der Waals surface area contributed by atoms with Crippen LogP contribution in [0.5, 0.6) is 11.5 Å². The molecule has 0 aliphatic carbocycles. The minimum absolute atomic E-state index is 0.0183. The second kappa shape index (κ2) is 7.63. The van der Waals surface area contributed by atoms with Crippen LogP contribution >= 0.6 is 0 Å². The molecule has 2 aromatic carbocycles. The van der Waals surface area contributed by atoms with Crippen LogP contribution in [0.3, 0.4) is 0 Å². The SMILES string of the molecule is COc1cc(F)c(NC(=O)c2cnn(-c3ccc(F)cc3F)c2C)cc1OC. The third-order valence-corrected chi connectivity index (χ3v) is 4.11. The Bertz CT molecular complexity index is 1050. The van der Waals surface area contributed by atoms with Gasteiger partial charge in [0.05, 0.1) is 37.4 Å². The number of carbonyl (C=O) groups is 1. The normalized spacial score (nSPS) is 10.6. The summed E-state index contributed by atoms with van der Waals surface area (Å²) in [5, 5.41) is 6.40. The van der Waals surface area contributed by atoms with E-state index in [0.29, 0.717) is 5.69 Å². The molecule has 0 saturated carbocycles. The molecule has 3 aromatic rings. The van der Waals surface area contributed by atoms with Crippen LogP contribution in [-0.4, -0.2) is 29.9 Å². The first-order valence-corrected chi connectivity index (χ1v) is 8.08.